The van der Waals surface area contributed by atoms with Crippen LogP contribution in [0, 0.1) is 26.7 Å². The largest absolute Gasteiger partial charge is 0.444 e. The standard InChI is InChI=1S/C32H46ClN3O4/c1-11-23(7)36(30(38)26(17-19(2)3)34-31(39)40-32(8,9)10)28(24-16-15-20(4)22(6)18-24)29(37)35-27-21(5)13-12-14-25(27)33/h12-16,18-19,23,26,28H,11,17H2,1-10H3,(H,34,39)(H,35,37). The van der Waals surface area contributed by atoms with Crippen molar-refractivity contribution in [1.29, 1.82) is 0 Å². The predicted octanol–water partition coefficient (Wildman–Crippen LogP) is 7.51. The molecule has 3 amide bonds. The van der Waals surface area contributed by atoms with Gasteiger partial charge in [0.15, 0.2) is 0 Å². The van der Waals surface area contributed by atoms with Gasteiger partial charge in [0.2, 0.25) is 5.91 Å². The van der Waals surface area contributed by atoms with Gasteiger partial charge in [0.1, 0.15) is 17.7 Å². The molecule has 0 aromatic heterocycles. The number of rotatable bonds is 10. The highest BCUT2D eigenvalue weighted by Crippen LogP contribution is 2.32. The molecule has 40 heavy (non-hydrogen) atoms. The monoisotopic (exact) mass is 571 g/mol. The fraction of sp³-hybridized carbons (Fsp3) is 0.531. The molecule has 3 unspecified atom stereocenters. The highest BCUT2D eigenvalue weighted by molar-refractivity contribution is 6.34. The van der Waals surface area contributed by atoms with Gasteiger partial charge < -0.3 is 20.3 Å². The lowest BCUT2D eigenvalue weighted by Gasteiger charge is -2.38. The Morgan fingerprint density at radius 2 is 1.62 bits per heavy atom. The Balaban J connectivity index is 2.65. The normalized spacial score (nSPS) is 13.8. The molecule has 0 aliphatic rings. The van der Waals surface area contributed by atoms with Crippen LogP contribution < -0.4 is 10.6 Å². The summed E-state index contributed by atoms with van der Waals surface area (Å²) in [7, 11) is 0. The van der Waals surface area contributed by atoms with Gasteiger partial charge >= 0.3 is 6.09 Å². The quantitative estimate of drug-likeness (QED) is 0.309. The lowest BCUT2D eigenvalue weighted by molar-refractivity contribution is -0.143. The van der Waals surface area contributed by atoms with E-state index in [0.717, 1.165) is 16.7 Å². The predicted molar refractivity (Wildman–Crippen MR) is 163 cm³/mol. The Bertz CT molecular complexity index is 1180. The third-order valence-corrected chi connectivity index (χ3v) is 7.17. The number of para-hydroxylation sites is 1. The van der Waals surface area contributed by atoms with E-state index < -0.39 is 23.8 Å². The van der Waals surface area contributed by atoms with Crippen LogP contribution in [0.5, 0.6) is 0 Å². The number of halogens is 1. The van der Waals surface area contributed by atoms with Crippen molar-refractivity contribution in [3.63, 3.8) is 0 Å². The molecule has 8 heteroatoms. The third-order valence-electron chi connectivity index (χ3n) is 6.86. The number of amides is 3. The van der Waals surface area contributed by atoms with Gasteiger partial charge in [-0.05, 0) is 95.5 Å². The van der Waals surface area contributed by atoms with Gasteiger partial charge in [-0.1, -0.05) is 62.7 Å². The van der Waals surface area contributed by atoms with Crippen LogP contribution in [0.15, 0.2) is 36.4 Å². The highest BCUT2D eigenvalue weighted by Gasteiger charge is 2.39. The Morgan fingerprint density at radius 3 is 2.15 bits per heavy atom. The van der Waals surface area contributed by atoms with Crippen molar-refractivity contribution < 1.29 is 19.1 Å². The lowest BCUT2D eigenvalue weighted by atomic mass is 9.95. The summed E-state index contributed by atoms with van der Waals surface area (Å²) in [5, 5.41) is 6.21. The summed E-state index contributed by atoms with van der Waals surface area (Å²) in [5.41, 5.74) is 3.36. The minimum Gasteiger partial charge on any atom is -0.444 e. The zero-order valence-corrected chi connectivity index (χ0v) is 26.4. The molecule has 7 nitrogen and oxygen atoms in total. The summed E-state index contributed by atoms with van der Waals surface area (Å²) >= 11 is 6.46. The van der Waals surface area contributed by atoms with E-state index in [1.807, 2.05) is 78.8 Å². The number of carbonyl (C=O) groups is 3. The maximum atomic E-state index is 14.4. The van der Waals surface area contributed by atoms with Crippen LogP contribution in [0.4, 0.5) is 10.5 Å². The maximum Gasteiger partial charge on any atom is 0.408 e. The van der Waals surface area contributed by atoms with Crippen molar-refractivity contribution in [2.75, 3.05) is 5.32 Å². The van der Waals surface area contributed by atoms with Crippen molar-refractivity contribution in [1.82, 2.24) is 10.2 Å². The molecule has 0 fully saturated rings. The first-order valence-electron chi connectivity index (χ1n) is 14.0. The third kappa shape index (κ3) is 8.98. The van der Waals surface area contributed by atoms with Gasteiger partial charge in [0, 0.05) is 6.04 Å². The zero-order valence-electron chi connectivity index (χ0n) is 25.6. The van der Waals surface area contributed by atoms with Crippen molar-refractivity contribution in [2.24, 2.45) is 5.92 Å². The van der Waals surface area contributed by atoms with E-state index in [0.29, 0.717) is 29.1 Å². The number of carbonyl (C=O) groups excluding carboxylic acids is 3. The number of alkyl carbamates (subject to hydrolysis) is 1. The smallest absolute Gasteiger partial charge is 0.408 e. The molecule has 2 aromatic rings. The van der Waals surface area contributed by atoms with Crippen molar-refractivity contribution in [2.45, 2.75) is 106 Å². The molecule has 2 aromatic carbocycles. The lowest BCUT2D eigenvalue weighted by Crippen LogP contribution is -2.55. The van der Waals surface area contributed by atoms with Gasteiger partial charge in [-0.2, -0.15) is 0 Å². The van der Waals surface area contributed by atoms with E-state index in [1.165, 1.54) is 0 Å². The van der Waals surface area contributed by atoms with Gasteiger partial charge in [0.05, 0.1) is 10.7 Å². The molecule has 0 heterocycles. The number of anilines is 1. The Kier molecular flexibility index (Phi) is 11.6. The Morgan fingerprint density at radius 1 is 0.975 bits per heavy atom. The Labute approximate surface area is 245 Å². The minimum absolute atomic E-state index is 0.0994. The minimum atomic E-state index is -0.965. The SMILES string of the molecule is CCC(C)N(C(=O)C(CC(C)C)NC(=O)OC(C)(C)C)C(C(=O)Nc1c(C)cccc1Cl)c1ccc(C)c(C)c1. The molecule has 0 aliphatic heterocycles. The van der Waals surface area contributed by atoms with Crippen molar-refractivity contribution in [3.05, 3.63) is 63.7 Å². The van der Waals surface area contributed by atoms with E-state index in [1.54, 1.807) is 31.7 Å². The van der Waals surface area contributed by atoms with Crippen LogP contribution in [-0.2, 0) is 14.3 Å². The van der Waals surface area contributed by atoms with E-state index in [2.05, 4.69) is 10.6 Å². The van der Waals surface area contributed by atoms with Crippen LogP contribution >= 0.6 is 11.6 Å². The van der Waals surface area contributed by atoms with Crippen LogP contribution in [0.3, 0.4) is 0 Å². The average Bonchev–Trinajstić information content (AvgIpc) is 2.83. The molecule has 0 bridgehead atoms. The highest BCUT2D eigenvalue weighted by atomic mass is 35.5. The molecular weight excluding hydrogens is 526 g/mol. The van der Waals surface area contributed by atoms with E-state index >= 15 is 0 Å². The molecule has 3 atom stereocenters. The van der Waals surface area contributed by atoms with Crippen LogP contribution in [0.1, 0.15) is 89.6 Å². The summed E-state index contributed by atoms with van der Waals surface area (Å²) in [5.74, 6) is -0.626. The molecule has 0 radical (unpaired) electrons. The number of hydrogen-bond donors (Lipinski definition) is 2. The van der Waals surface area contributed by atoms with Crippen molar-refractivity contribution in [3.8, 4) is 0 Å². The number of aryl methyl sites for hydroxylation is 3. The number of nitrogens with one attached hydrogen (secondary N) is 2. The molecule has 0 saturated carbocycles. The number of hydrogen-bond acceptors (Lipinski definition) is 4. The molecule has 0 aliphatic carbocycles. The Hall–Kier alpha value is -3.06. The molecular formula is C32H46ClN3O4. The van der Waals surface area contributed by atoms with Crippen molar-refractivity contribution >= 4 is 35.2 Å². The van der Waals surface area contributed by atoms with Crippen LogP contribution in [0.25, 0.3) is 0 Å². The van der Waals surface area contributed by atoms with E-state index in [-0.39, 0.29) is 23.8 Å². The fourth-order valence-corrected chi connectivity index (χ4v) is 4.74. The average molecular weight is 572 g/mol. The summed E-state index contributed by atoms with van der Waals surface area (Å²) < 4.78 is 5.48. The van der Waals surface area contributed by atoms with Gasteiger partial charge in [0.25, 0.3) is 5.91 Å². The van der Waals surface area contributed by atoms with Gasteiger partial charge in [-0.3, -0.25) is 9.59 Å². The summed E-state index contributed by atoms with van der Waals surface area (Å²) in [4.78, 5) is 42.9. The first-order chi connectivity index (χ1) is 18.5. The molecule has 2 N–H and O–H groups in total. The van der Waals surface area contributed by atoms with E-state index in [9.17, 15) is 14.4 Å². The number of ether oxygens (including phenoxy) is 1. The molecule has 2 rings (SSSR count). The van der Waals surface area contributed by atoms with Gasteiger partial charge in [-0.25, -0.2) is 4.79 Å². The molecule has 0 spiro atoms. The first-order valence-corrected chi connectivity index (χ1v) is 14.4. The first kappa shape index (κ1) is 33.1. The number of benzene rings is 2. The summed E-state index contributed by atoms with van der Waals surface area (Å²) in [6.07, 6.45) is 0.317. The molecule has 220 valence electrons. The second-order valence-corrected chi connectivity index (χ2v) is 12.4. The second-order valence-electron chi connectivity index (χ2n) is 12.0. The van der Waals surface area contributed by atoms with E-state index in [4.69, 9.17) is 16.3 Å². The van der Waals surface area contributed by atoms with Crippen LogP contribution in [-0.4, -0.2) is 40.5 Å². The summed E-state index contributed by atoms with van der Waals surface area (Å²) in [6, 6.07) is 9.03. The second kappa shape index (κ2) is 14.0. The number of nitrogens with zero attached hydrogens (tertiary/aromatic N) is 1. The van der Waals surface area contributed by atoms with Crippen LogP contribution in [0.2, 0.25) is 5.02 Å². The maximum absolute atomic E-state index is 14.4. The topological polar surface area (TPSA) is 87.7 Å². The zero-order chi connectivity index (χ0) is 30.4. The molecule has 0 saturated heterocycles. The van der Waals surface area contributed by atoms with Gasteiger partial charge in [-0.15, -0.1) is 0 Å². The fourth-order valence-electron chi connectivity index (χ4n) is 4.47. The summed E-state index contributed by atoms with van der Waals surface area (Å²) in [6.45, 7) is 19.0.